The normalized spacial score (nSPS) is 16.1. The first-order valence-corrected chi connectivity index (χ1v) is 7.74. The van der Waals surface area contributed by atoms with Crippen molar-refractivity contribution in [1.29, 1.82) is 0 Å². The number of halogens is 2. The van der Waals surface area contributed by atoms with E-state index in [4.69, 9.17) is 11.6 Å². The summed E-state index contributed by atoms with van der Waals surface area (Å²) in [6.07, 6.45) is 1.54. The summed E-state index contributed by atoms with van der Waals surface area (Å²) in [5.41, 5.74) is 1.20. The summed E-state index contributed by atoms with van der Waals surface area (Å²) in [4.78, 5) is 25.6. The highest BCUT2D eigenvalue weighted by Gasteiger charge is 2.34. The van der Waals surface area contributed by atoms with E-state index in [9.17, 15) is 14.7 Å². The second-order valence-electron chi connectivity index (χ2n) is 4.82. The largest absolute Gasteiger partial charge is 0.507 e. The molecule has 1 heterocycles. The fraction of sp³-hybridized carbons (Fsp3) is 0. The summed E-state index contributed by atoms with van der Waals surface area (Å²) in [7, 11) is 0. The van der Waals surface area contributed by atoms with E-state index < -0.39 is 11.9 Å². The molecule has 1 aliphatic rings. The predicted octanol–water partition coefficient (Wildman–Crippen LogP) is 3.91. The Morgan fingerprint density at radius 3 is 2.65 bits per heavy atom. The lowest BCUT2D eigenvalue weighted by molar-refractivity contribution is -0.113. The zero-order valence-corrected chi connectivity index (χ0v) is 13.9. The number of hydrogen-bond donors (Lipinski definition) is 2. The van der Waals surface area contributed by atoms with Crippen LogP contribution in [0.25, 0.3) is 6.08 Å². The van der Waals surface area contributed by atoms with Crippen molar-refractivity contribution in [2.45, 2.75) is 0 Å². The number of carbonyl (C=O) groups excluding carboxylic acids is 2. The molecule has 23 heavy (non-hydrogen) atoms. The maximum atomic E-state index is 12.5. The Balaban J connectivity index is 1.94. The van der Waals surface area contributed by atoms with Crippen LogP contribution in [0, 0.1) is 0 Å². The molecule has 0 unspecified atom stereocenters. The fourth-order valence-electron chi connectivity index (χ4n) is 2.16. The molecule has 0 aliphatic carbocycles. The Bertz CT molecular complexity index is 851. The number of phenolic OH excluding ortho intramolecular Hbond substituents is 1. The maximum absolute atomic E-state index is 12.5. The highest BCUT2D eigenvalue weighted by atomic mass is 79.9. The van der Waals surface area contributed by atoms with Gasteiger partial charge in [-0.05, 0) is 57.9 Å². The molecule has 2 N–H and O–H groups in total. The molecule has 5 nitrogen and oxygen atoms in total. The van der Waals surface area contributed by atoms with Gasteiger partial charge in [-0.15, -0.1) is 0 Å². The third-order valence-electron chi connectivity index (χ3n) is 3.23. The van der Waals surface area contributed by atoms with Gasteiger partial charge in [0.05, 0.1) is 10.2 Å². The van der Waals surface area contributed by atoms with Crippen molar-refractivity contribution in [3.8, 4) is 5.75 Å². The van der Waals surface area contributed by atoms with E-state index in [1.165, 1.54) is 12.1 Å². The minimum Gasteiger partial charge on any atom is -0.507 e. The van der Waals surface area contributed by atoms with E-state index in [0.717, 1.165) is 4.90 Å². The molecule has 0 atom stereocenters. The van der Waals surface area contributed by atoms with Crippen LogP contribution in [0.4, 0.5) is 10.5 Å². The number of rotatable bonds is 2. The molecular weight excluding hydrogens is 384 g/mol. The molecule has 7 heteroatoms. The monoisotopic (exact) mass is 392 g/mol. The second kappa shape index (κ2) is 6.06. The number of phenols is 1. The van der Waals surface area contributed by atoms with Crippen molar-refractivity contribution in [2.75, 3.05) is 4.90 Å². The molecule has 116 valence electrons. The quantitative estimate of drug-likeness (QED) is 0.600. The summed E-state index contributed by atoms with van der Waals surface area (Å²) in [5, 5.41) is 12.5. The number of carbonyl (C=O) groups is 2. The number of aromatic hydroxyl groups is 1. The highest BCUT2D eigenvalue weighted by Crippen LogP contribution is 2.27. The van der Waals surface area contributed by atoms with Gasteiger partial charge in [0.15, 0.2) is 0 Å². The second-order valence-corrected chi connectivity index (χ2v) is 6.11. The van der Waals surface area contributed by atoms with Crippen molar-refractivity contribution in [1.82, 2.24) is 5.32 Å². The number of nitrogens with one attached hydrogen (secondary N) is 1. The zero-order valence-electron chi connectivity index (χ0n) is 11.6. The number of nitrogens with zero attached hydrogens (tertiary/aromatic N) is 1. The van der Waals surface area contributed by atoms with Gasteiger partial charge < -0.3 is 10.4 Å². The molecule has 1 aliphatic heterocycles. The molecule has 0 aromatic heterocycles. The molecule has 0 spiro atoms. The lowest BCUT2D eigenvalue weighted by Crippen LogP contribution is -2.30. The zero-order chi connectivity index (χ0) is 16.6. The molecule has 3 rings (SSSR count). The molecule has 2 aromatic rings. The van der Waals surface area contributed by atoms with E-state index in [1.54, 1.807) is 36.4 Å². The topological polar surface area (TPSA) is 69.6 Å². The van der Waals surface area contributed by atoms with Gasteiger partial charge in [0.1, 0.15) is 11.4 Å². The van der Waals surface area contributed by atoms with Crippen LogP contribution in [-0.2, 0) is 4.79 Å². The van der Waals surface area contributed by atoms with Crippen LogP contribution < -0.4 is 10.2 Å². The minimum absolute atomic E-state index is 0.0921. The van der Waals surface area contributed by atoms with Gasteiger partial charge in [-0.3, -0.25) is 4.79 Å². The van der Waals surface area contributed by atoms with Crippen LogP contribution >= 0.6 is 27.5 Å². The van der Waals surface area contributed by atoms with Crippen molar-refractivity contribution < 1.29 is 14.7 Å². The first-order valence-electron chi connectivity index (χ1n) is 6.57. The first-order chi connectivity index (χ1) is 11.0. The summed E-state index contributed by atoms with van der Waals surface area (Å²) < 4.78 is 0.496. The van der Waals surface area contributed by atoms with Gasteiger partial charge in [0.2, 0.25) is 0 Å². The van der Waals surface area contributed by atoms with Crippen LogP contribution in [0.1, 0.15) is 5.56 Å². The Kier molecular flexibility index (Phi) is 4.11. The van der Waals surface area contributed by atoms with Crippen molar-refractivity contribution >= 4 is 51.2 Å². The Labute approximate surface area is 145 Å². The molecule has 2 aromatic carbocycles. The molecule has 3 amide bonds. The van der Waals surface area contributed by atoms with Crippen LogP contribution in [-0.4, -0.2) is 17.0 Å². The predicted molar refractivity (Wildman–Crippen MR) is 91.3 cm³/mol. The smallest absolute Gasteiger partial charge is 0.333 e. The Morgan fingerprint density at radius 1 is 1.17 bits per heavy atom. The van der Waals surface area contributed by atoms with Crippen molar-refractivity contribution in [3.05, 3.63) is 63.2 Å². The average Bonchev–Trinajstić information content (AvgIpc) is 2.77. The summed E-state index contributed by atoms with van der Waals surface area (Å²) in [6, 6.07) is 10.7. The van der Waals surface area contributed by atoms with Crippen LogP contribution in [0.15, 0.2) is 52.6 Å². The molecular formula is C16H10BrClN2O3. The minimum atomic E-state index is -0.540. The third kappa shape index (κ3) is 3.09. The van der Waals surface area contributed by atoms with E-state index in [0.29, 0.717) is 20.7 Å². The molecule has 0 radical (unpaired) electrons. The summed E-state index contributed by atoms with van der Waals surface area (Å²) >= 11 is 9.11. The SMILES string of the molecule is O=C1N/C(=C/c2ccc(O)c(Br)c2)C(=O)N1c1cccc(Cl)c1. The molecule has 1 saturated heterocycles. The number of amides is 3. The summed E-state index contributed by atoms with van der Waals surface area (Å²) in [5.74, 6) is -0.379. The van der Waals surface area contributed by atoms with Crippen LogP contribution in [0.2, 0.25) is 5.02 Å². The van der Waals surface area contributed by atoms with Crippen LogP contribution in [0.5, 0.6) is 5.75 Å². The van der Waals surface area contributed by atoms with Gasteiger partial charge in [0.25, 0.3) is 5.91 Å². The lowest BCUT2D eigenvalue weighted by Gasteiger charge is -2.11. The molecule has 0 saturated carbocycles. The van der Waals surface area contributed by atoms with E-state index >= 15 is 0 Å². The Morgan fingerprint density at radius 2 is 1.96 bits per heavy atom. The number of anilines is 1. The van der Waals surface area contributed by atoms with Crippen molar-refractivity contribution in [2.24, 2.45) is 0 Å². The van der Waals surface area contributed by atoms with E-state index in [1.807, 2.05) is 0 Å². The van der Waals surface area contributed by atoms with Gasteiger partial charge >= 0.3 is 6.03 Å². The van der Waals surface area contributed by atoms with Gasteiger partial charge in [0, 0.05) is 5.02 Å². The fourth-order valence-corrected chi connectivity index (χ4v) is 2.75. The van der Waals surface area contributed by atoms with Crippen LogP contribution in [0.3, 0.4) is 0 Å². The summed E-state index contributed by atoms with van der Waals surface area (Å²) in [6.45, 7) is 0. The number of imide groups is 1. The Hall–Kier alpha value is -2.31. The van der Waals surface area contributed by atoms with Crippen molar-refractivity contribution in [3.63, 3.8) is 0 Å². The van der Waals surface area contributed by atoms with Gasteiger partial charge in [-0.2, -0.15) is 0 Å². The average molecular weight is 394 g/mol. The van der Waals surface area contributed by atoms with Gasteiger partial charge in [-0.25, -0.2) is 9.69 Å². The van der Waals surface area contributed by atoms with Gasteiger partial charge in [-0.1, -0.05) is 23.7 Å². The number of urea groups is 1. The lowest BCUT2D eigenvalue weighted by atomic mass is 10.2. The first kappa shape index (κ1) is 15.6. The number of benzene rings is 2. The highest BCUT2D eigenvalue weighted by molar-refractivity contribution is 9.10. The maximum Gasteiger partial charge on any atom is 0.333 e. The molecule has 1 fully saturated rings. The van der Waals surface area contributed by atoms with E-state index in [-0.39, 0.29) is 11.4 Å². The standard InChI is InChI=1S/C16H10BrClN2O3/c17-12-6-9(4-5-14(12)21)7-13-15(22)20(16(23)19-13)11-3-1-2-10(18)8-11/h1-8,21H,(H,19,23)/b13-7+. The third-order valence-corrected chi connectivity index (χ3v) is 4.10. The molecule has 0 bridgehead atoms. The van der Waals surface area contributed by atoms with E-state index in [2.05, 4.69) is 21.2 Å². The number of hydrogen-bond acceptors (Lipinski definition) is 3.